The summed E-state index contributed by atoms with van der Waals surface area (Å²) in [6.45, 7) is 3.95. The molecule has 0 radical (unpaired) electrons. The van der Waals surface area contributed by atoms with Crippen LogP contribution in [0.25, 0.3) is 33.4 Å². The minimum Gasteiger partial charge on any atom is -0.422 e. The highest BCUT2D eigenvalue weighted by Gasteiger charge is 2.16. The summed E-state index contributed by atoms with van der Waals surface area (Å²) in [5.74, 6) is 0.553. The Labute approximate surface area is 126 Å². The summed E-state index contributed by atoms with van der Waals surface area (Å²) in [6.07, 6.45) is 0. The third-order valence-corrected chi connectivity index (χ3v) is 3.95. The Bertz CT molecular complexity index is 1070. The number of nitrogens with zero attached hydrogens (tertiary/aromatic N) is 1. The van der Waals surface area contributed by atoms with Gasteiger partial charge in [0.25, 0.3) is 0 Å². The van der Waals surface area contributed by atoms with Gasteiger partial charge in [-0.3, -0.25) is 0 Å². The summed E-state index contributed by atoms with van der Waals surface area (Å²) in [5, 5.41) is 0.925. The van der Waals surface area contributed by atoms with Crippen LogP contribution in [0.15, 0.2) is 51.7 Å². The fourth-order valence-corrected chi connectivity index (χ4v) is 2.82. The molecule has 0 unspecified atom stereocenters. The van der Waals surface area contributed by atoms with Crippen LogP contribution in [-0.2, 0) is 0 Å². The van der Waals surface area contributed by atoms with E-state index in [4.69, 9.17) is 4.42 Å². The fraction of sp³-hybridized carbons (Fsp3) is 0.111. The average Bonchev–Trinajstić information content (AvgIpc) is 2.89. The zero-order chi connectivity index (χ0) is 15.3. The molecule has 0 atom stereocenters. The van der Waals surface area contributed by atoms with E-state index >= 15 is 0 Å². The zero-order valence-electron chi connectivity index (χ0n) is 12.3. The predicted octanol–water partition coefficient (Wildman–Crippen LogP) is 3.95. The minimum absolute atomic E-state index is 0.369. The highest BCUT2D eigenvalue weighted by molar-refractivity contribution is 5.87. The SMILES string of the molecule is Cc1ccc2nc(-c3c(C)c4ccccc4oc3=O)[nH]c2c1. The normalized spacial score (nSPS) is 11.4. The highest BCUT2D eigenvalue weighted by atomic mass is 16.4. The first-order chi connectivity index (χ1) is 10.6. The number of aromatic amines is 1. The molecule has 0 aliphatic rings. The molecule has 0 saturated heterocycles. The van der Waals surface area contributed by atoms with E-state index in [0.29, 0.717) is 17.0 Å². The first-order valence-corrected chi connectivity index (χ1v) is 7.12. The predicted molar refractivity (Wildman–Crippen MR) is 87.0 cm³/mol. The summed E-state index contributed by atoms with van der Waals surface area (Å²) in [6, 6.07) is 13.5. The third-order valence-electron chi connectivity index (χ3n) is 3.95. The Morgan fingerprint density at radius 2 is 1.91 bits per heavy atom. The topological polar surface area (TPSA) is 58.9 Å². The quantitative estimate of drug-likeness (QED) is 0.540. The molecule has 0 aliphatic heterocycles. The molecule has 0 saturated carbocycles. The molecule has 4 heteroatoms. The summed E-state index contributed by atoms with van der Waals surface area (Å²) >= 11 is 0. The number of aryl methyl sites for hydroxylation is 2. The van der Waals surface area contributed by atoms with Crippen LogP contribution in [0.5, 0.6) is 0 Å². The monoisotopic (exact) mass is 290 g/mol. The van der Waals surface area contributed by atoms with E-state index in [0.717, 1.165) is 27.5 Å². The Balaban J connectivity index is 2.05. The van der Waals surface area contributed by atoms with Crippen molar-refractivity contribution in [2.24, 2.45) is 0 Å². The second-order valence-corrected chi connectivity index (χ2v) is 5.49. The van der Waals surface area contributed by atoms with Crippen molar-refractivity contribution in [1.29, 1.82) is 0 Å². The summed E-state index contributed by atoms with van der Waals surface area (Å²) in [5.41, 5.74) is 4.50. The molecule has 2 heterocycles. The lowest BCUT2D eigenvalue weighted by molar-refractivity contribution is 0.562. The third kappa shape index (κ3) is 1.84. The first kappa shape index (κ1) is 12.8. The van der Waals surface area contributed by atoms with E-state index in [2.05, 4.69) is 9.97 Å². The lowest BCUT2D eigenvalue weighted by atomic mass is 10.1. The zero-order valence-corrected chi connectivity index (χ0v) is 12.3. The lowest BCUT2D eigenvalue weighted by Crippen LogP contribution is -2.06. The van der Waals surface area contributed by atoms with Gasteiger partial charge in [-0.25, -0.2) is 9.78 Å². The van der Waals surface area contributed by atoms with Gasteiger partial charge in [-0.2, -0.15) is 0 Å². The Morgan fingerprint density at radius 1 is 1.09 bits per heavy atom. The van der Waals surface area contributed by atoms with Gasteiger partial charge in [0.2, 0.25) is 0 Å². The van der Waals surface area contributed by atoms with Gasteiger partial charge in [-0.05, 0) is 43.2 Å². The van der Waals surface area contributed by atoms with Gasteiger partial charge in [0.1, 0.15) is 17.0 Å². The summed E-state index contributed by atoms with van der Waals surface area (Å²) < 4.78 is 5.43. The van der Waals surface area contributed by atoms with Crippen LogP contribution in [0.4, 0.5) is 0 Å². The van der Waals surface area contributed by atoms with Crippen molar-refractivity contribution >= 4 is 22.0 Å². The van der Waals surface area contributed by atoms with Gasteiger partial charge >= 0.3 is 5.63 Å². The number of rotatable bonds is 1. The van der Waals surface area contributed by atoms with Crippen molar-refractivity contribution < 1.29 is 4.42 Å². The molecule has 2 aromatic carbocycles. The number of imidazole rings is 1. The molecule has 4 nitrogen and oxygen atoms in total. The Kier molecular flexibility index (Phi) is 2.66. The Morgan fingerprint density at radius 3 is 2.77 bits per heavy atom. The molecule has 0 spiro atoms. The first-order valence-electron chi connectivity index (χ1n) is 7.12. The van der Waals surface area contributed by atoms with Crippen molar-refractivity contribution in [2.45, 2.75) is 13.8 Å². The smallest absolute Gasteiger partial charge is 0.347 e. The molecule has 22 heavy (non-hydrogen) atoms. The van der Waals surface area contributed by atoms with Gasteiger partial charge in [-0.1, -0.05) is 24.3 Å². The number of para-hydroxylation sites is 1. The second kappa shape index (κ2) is 4.56. The van der Waals surface area contributed by atoms with Gasteiger partial charge < -0.3 is 9.40 Å². The second-order valence-electron chi connectivity index (χ2n) is 5.49. The average molecular weight is 290 g/mol. The number of aromatic nitrogens is 2. The summed E-state index contributed by atoms with van der Waals surface area (Å²) in [7, 11) is 0. The van der Waals surface area contributed by atoms with E-state index in [9.17, 15) is 4.79 Å². The van der Waals surface area contributed by atoms with E-state index in [1.165, 1.54) is 0 Å². The maximum atomic E-state index is 12.4. The van der Waals surface area contributed by atoms with Crippen LogP contribution in [0, 0.1) is 13.8 Å². The number of benzene rings is 2. The molecule has 2 aromatic heterocycles. The number of hydrogen-bond acceptors (Lipinski definition) is 3. The fourth-order valence-electron chi connectivity index (χ4n) is 2.82. The molecule has 4 aromatic rings. The summed E-state index contributed by atoms with van der Waals surface area (Å²) in [4.78, 5) is 20.1. The maximum Gasteiger partial charge on any atom is 0.347 e. The molecule has 0 aliphatic carbocycles. The van der Waals surface area contributed by atoms with Gasteiger partial charge in [0, 0.05) is 5.39 Å². The van der Waals surface area contributed by atoms with Crippen LogP contribution >= 0.6 is 0 Å². The van der Waals surface area contributed by atoms with Crippen LogP contribution < -0.4 is 5.63 Å². The van der Waals surface area contributed by atoms with Crippen LogP contribution in [0.2, 0.25) is 0 Å². The molecular weight excluding hydrogens is 276 g/mol. The van der Waals surface area contributed by atoms with Crippen LogP contribution in [-0.4, -0.2) is 9.97 Å². The number of nitrogens with one attached hydrogen (secondary N) is 1. The van der Waals surface area contributed by atoms with Crippen molar-refractivity contribution in [3.8, 4) is 11.4 Å². The van der Waals surface area contributed by atoms with E-state index < -0.39 is 0 Å². The van der Waals surface area contributed by atoms with Crippen LogP contribution in [0.1, 0.15) is 11.1 Å². The van der Waals surface area contributed by atoms with Crippen LogP contribution in [0.3, 0.4) is 0 Å². The Hall–Kier alpha value is -2.88. The molecular formula is C18H14N2O2. The standard InChI is InChI=1S/C18H14N2O2/c1-10-7-8-13-14(9-10)20-17(19-13)16-11(2)12-5-3-4-6-15(12)22-18(16)21/h3-9H,1-2H3,(H,19,20). The molecule has 0 fully saturated rings. The molecule has 108 valence electrons. The van der Waals surface area contributed by atoms with E-state index in [1.54, 1.807) is 6.07 Å². The molecule has 4 rings (SSSR count). The van der Waals surface area contributed by atoms with Crippen molar-refractivity contribution in [1.82, 2.24) is 9.97 Å². The minimum atomic E-state index is -0.369. The highest BCUT2D eigenvalue weighted by Crippen LogP contribution is 2.26. The maximum absolute atomic E-state index is 12.4. The van der Waals surface area contributed by atoms with E-state index in [1.807, 2.05) is 50.2 Å². The van der Waals surface area contributed by atoms with Crippen molar-refractivity contribution in [2.75, 3.05) is 0 Å². The number of fused-ring (bicyclic) bond motifs is 2. The van der Waals surface area contributed by atoms with Crippen molar-refractivity contribution in [3.63, 3.8) is 0 Å². The largest absolute Gasteiger partial charge is 0.422 e. The number of H-pyrrole nitrogens is 1. The molecule has 0 amide bonds. The molecule has 1 N–H and O–H groups in total. The number of hydrogen-bond donors (Lipinski definition) is 1. The molecule has 0 bridgehead atoms. The van der Waals surface area contributed by atoms with Gasteiger partial charge in [0.05, 0.1) is 11.0 Å². The van der Waals surface area contributed by atoms with Gasteiger partial charge in [-0.15, -0.1) is 0 Å². The lowest BCUT2D eigenvalue weighted by Gasteiger charge is -2.04. The van der Waals surface area contributed by atoms with Crippen molar-refractivity contribution in [3.05, 3.63) is 64.0 Å². The van der Waals surface area contributed by atoms with E-state index in [-0.39, 0.29) is 5.63 Å². The van der Waals surface area contributed by atoms with Gasteiger partial charge in [0.15, 0.2) is 0 Å².